The lowest BCUT2D eigenvalue weighted by atomic mass is 10.2. The van der Waals surface area contributed by atoms with E-state index in [1.165, 1.54) is 0 Å². The van der Waals surface area contributed by atoms with Gasteiger partial charge in [0.05, 0.1) is 23.4 Å². The van der Waals surface area contributed by atoms with Gasteiger partial charge in [-0.3, -0.25) is 4.79 Å². The molecule has 3 heterocycles. The molecule has 1 fully saturated rings. The van der Waals surface area contributed by atoms with Crippen molar-refractivity contribution < 1.29 is 13.9 Å². The summed E-state index contributed by atoms with van der Waals surface area (Å²) in [5.74, 6) is 2.09. The van der Waals surface area contributed by atoms with Crippen LogP contribution in [-0.2, 0) is 5.75 Å². The summed E-state index contributed by atoms with van der Waals surface area (Å²) >= 11 is 1.56. The molecule has 1 aliphatic rings. The zero-order valence-electron chi connectivity index (χ0n) is 15.6. The number of amides is 1. The Morgan fingerprint density at radius 2 is 1.96 bits per heavy atom. The van der Waals surface area contributed by atoms with Crippen LogP contribution < -0.4 is 4.74 Å². The largest absolute Gasteiger partial charge is 0.497 e. The number of likely N-dealkylation sites (tertiary alicyclic amines) is 1. The number of pyridine rings is 1. The molecule has 0 radical (unpaired) electrons. The SMILES string of the molecule is COc1ccc(-c2nc(CSc3ccc(C(=O)N4CCCC4)cn3)co2)cc1. The Balaban J connectivity index is 1.35. The standard InChI is InChI=1S/C21H21N3O3S/c1-26-18-7-4-15(5-8-18)20-23-17(13-27-20)14-28-19-9-6-16(12-22-19)21(25)24-10-2-3-11-24/h4-9,12-13H,2-3,10-11,14H2,1H3. The second-order valence-electron chi connectivity index (χ2n) is 6.55. The summed E-state index contributed by atoms with van der Waals surface area (Å²) in [4.78, 5) is 23.2. The Bertz CT molecular complexity index is 932. The van der Waals surface area contributed by atoms with E-state index in [1.807, 2.05) is 41.3 Å². The molecule has 0 bridgehead atoms. The van der Waals surface area contributed by atoms with Crippen molar-refractivity contribution in [1.29, 1.82) is 0 Å². The smallest absolute Gasteiger partial charge is 0.255 e. The Labute approximate surface area is 167 Å². The average Bonchev–Trinajstić information content (AvgIpc) is 3.44. The molecule has 6 nitrogen and oxygen atoms in total. The molecule has 0 atom stereocenters. The Hall–Kier alpha value is -2.80. The normalized spacial score (nSPS) is 13.7. The Morgan fingerprint density at radius 1 is 1.18 bits per heavy atom. The molecule has 0 saturated carbocycles. The van der Waals surface area contributed by atoms with Gasteiger partial charge in [0.2, 0.25) is 5.89 Å². The van der Waals surface area contributed by atoms with Crippen LogP contribution in [0.4, 0.5) is 0 Å². The van der Waals surface area contributed by atoms with Crippen molar-refractivity contribution in [3.05, 3.63) is 60.1 Å². The first-order chi connectivity index (χ1) is 13.7. The van der Waals surface area contributed by atoms with Crippen LogP contribution in [0.25, 0.3) is 11.5 Å². The van der Waals surface area contributed by atoms with Gasteiger partial charge in [0.25, 0.3) is 5.91 Å². The van der Waals surface area contributed by atoms with E-state index in [1.54, 1.807) is 31.3 Å². The second kappa shape index (κ2) is 8.48. The van der Waals surface area contributed by atoms with Gasteiger partial charge in [-0.15, -0.1) is 0 Å². The summed E-state index contributed by atoms with van der Waals surface area (Å²) in [5.41, 5.74) is 2.39. The van der Waals surface area contributed by atoms with Crippen molar-refractivity contribution in [3.63, 3.8) is 0 Å². The zero-order chi connectivity index (χ0) is 19.3. The highest BCUT2D eigenvalue weighted by atomic mass is 32.2. The molecule has 144 valence electrons. The molecule has 1 aliphatic heterocycles. The predicted molar refractivity (Wildman–Crippen MR) is 107 cm³/mol. The number of hydrogen-bond acceptors (Lipinski definition) is 6. The molecule has 1 aromatic carbocycles. The third-order valence-corrected chi connectivity index (χ3v) is 5.61. The number of rotatable bonds is 6. The third-order valence-electron chi connectivity index (χ3n) is 4.63. The molecule has 2 aromatic heterocycles. The summed E-state index contributed by atoms with van der Waals surface area (Å²) in [7, 11) is 1.64. The van der Waals surface area contributed by atoms with E-state index >= 15 is 0 Å². The number of aromatic nitrogens is 2. The number of oxazole rings is 1. The van der Waals surface area contributed by atoms with E-state index in [2.05, 4.69) is 9.97 Å². The van der Waals surface area contributed by atoms with Crippen LogP contribution in [0.5, 0.6) is 5.75 Å². The molecule has 1 saturated heterocycles. The summed E-state index contributed by atoms with van der Waals surface area (Å²) in [6.07, 6.45) is 5.50. The first kappa shape index (κ1) is 18.6. The number of nitrogens with zero attached hydrogens (tertiary/aromatic N) is 3. The van der Waals surface area contributed by atoms with Crippen LogP contribution in [0, 0.1) is 0 Å². The van der Waals surface area contributed by atoms with E-state index in [0.717, 1.165) is 48.0 Å². The predicted octanol–water partition coefficient (Wildman–Crippen LogP) is 4.27. The van der Waals surface area contributed by atoms with Crippen molar-refractivity contribution in [3.8, 4) is 17.2 Å². The van der Waals surface area contributed by atoms with E-state index in [0.29, 0.717) is 17.2 Å². The van der Waals surface area contributed by atoms with Crippen molar-refractivity contribution >= 4 is 17.7 Å². The number of carbonyl (C=O) groups excluding carboxylic acids is 1. The molecule has 4 rings (SSSR count). The van der Waals surface area contributed by atoms with Gasteiger partial charge in [0.1, 0.15) is 12.0 Å². The van der Waals surface area contributed by atoms with Gasteiger partial charge in [-0.05, 0) is 49.2 Å². The summed E-state index contributed by atoms with van der Waals surface area (Å²) in [6.45, 7) is 1.69. The van der Waals surface area contributed by atoms with Crippen LogP contribution in [0.3, 0.4) is 0 Å². The van der Waals surface area contributed by atoms with E-state index < -0.39 is 0 Å². The molecule has 1 amide bonds. The first-order valence-corrected chi connectivity index (χ1v) is 10.2. The molecular weight excluding hydrogens is 374 g/mol. The highest BCUT2D eigenvalue weighted by Crippen LogP contribution is 2.25. The average molecular weight is 395 g/mol. The van der Waals surface area contributed by atoms with Crippen molar-refractivity contribution in [1.82, 2.24) is 14.9 Å². The van der Waals surface area contributed by atoms with Crippen molar-refractivity contribution in [2.24, 2.45) is 0 Å². The van der Waals surface area contributed by atoms with Crippen LogP contribution in [-0.4, -0.2) is 41.0 Å². The summed E-state index contributed by atoms with van der Waals surface area (Å²) in [6, 6.07) is 11.3. The van der Waals surface area contributed by atoms with Gasteiger partial charge in [0.15, 0.2) is 0 Å². The molecule has 3 aromatic rings. The minimum atomic E-state index is 0.0715. The molecular formula is C21H21N3O3S. The highest BCUT2D eigenvalue weighted by Gasteiger charge is 2.19. The van der Waals surface area contributed by atoms with Gasteiger partial charge in [-0.2, -0.15) is 0 Å². The second-order valence-corrected chi connectivity index (χ2v) is 7.54. The number of ether oxygens (including phenoxy) is 1. The summed E-state index contributed by atoms with van der Waals surface area (Å²) < 4.78 is 10.7. The maximum Gasteiger partial charge on any atom is 0.255 e. The lowest BCUT2D eigenvalue weighted by Gasteiger charge is -2.14. The maximum atomic E-state index is 12.4. The van der Waals surface area contributed by atoms with Gasteiger partial charge in [0, 0.05) is 30.6 Å². The van der Waals surface area contributed by atoms with Crippen molar-refractivity contribution in [2.75, 3.05) is 20.2 Å². The first-order valence-electron chi connectivity index (χ1n) is 9.20. The minimum Gasteiger partial charge on any atom is -0.497 e. The fraction of sp³-hybridized carbons (Fsp3) is 0.286. The van der Waals surface area contributed by atoms with Crippen LogP contribution in [0.2, 0.25) is 0 Å². The Kier molecular flexibility index (Phi) is 5.62. The molecule has 0 unspecified atom stereocenters. The number of carbonyl (C=O) groups is 1. The van der Waals surface area contributed by atoms with Crippen LogP contribution >= 0.6 is 11.8 Å². The molecule has 7 heteroatoms. The Morgan fingerprint density at radius 3 is 2.64 bits per heavy atom. The number of benzene rings is 1. The molecule has 0 spiro atoms. The van der Waals surface area contributed by atoms with Gasteiger partial charge in [-0.25, -0.2) is 9.97 Å². The molecule has 0 N–H and O–H groups in total. The maximum absolute atomic E-state index is 12.4. The minimum absolute atomic E-state index is 0.0715. The van der Waals surface area contributed by atoms with E-state index in [9.17, 15) is 4.79 Å². The molecule has 0 aliphatic carbocycles. The summed E-state index contributed by atoms with van der Waals surface area (Å²) in [5, 5.41) is 0.854. The van der Waals surface area contributed by atoms with E-state index in [4.69, 9.17) is 9.15 Å². The zero-order valence-corrected chi connectivity index (χ0v) is 16.4. The number of hydrogen-bond donors (Lipinski definition) is 0. The topological polar surface area (TPSA) is 68.5 Å². The molecule has 28 heavy (non-hydrogen) atoms. The van der Waals surface area contributed by atoms with E-state index in [-0.39, 0.29) is 5.91 Å². The quantitative estimate of drug-likeness (QED) is 0.581. The third kappa shape index (κ3) is 4.20. The van der Waals surface area contributed by atoms with Crippen LogP contribution in [0.1, 0.15) is 28.9 Å². The van der Waals surface area contributed by atoms with Crippen molar-refractivity contribution in [2.45, 2.75) is 23.6 Å². The number of methoxy groups -OCH3 is 1. The highest BCUT2D eigenvalue weighted by molar-refractivity contribution is 7.98. The fourth-order valence-electron chi connectivity index (χ4n) is 3.08. The van der Waals surface area contributed by atoms with Gasteiger partial charge >= 0.3 is 0 Å². The van der Waals surface area contributed by atoms with Gasteiger partial charge in [-0.1, -0.05) is 11.8 Å². The monoisotopic (exact) mass is 395 g/mol. The number of thioether (sulfide) groups is 1. The van der Waals surface area contributed by atoms with Gasteiger partial charge < -0.3 is 14.1 Å². The lowest BCUT2D eigenvalue weighted by molar-refractivity contribution is 0.0792. The van der Waals surface area contributed by atoms with Crippen LogP contribution in [0.15, 0.2) is 58.3 Å². The fourth-order valence-corrected chi connectivity index (χ4v) is 3.80. The lowest BCUT2D eigenvalue weighted by Crippen LogP contribution is -2.27.